The molecule has 4 nitrogen and oxygen atoms in total. The van der Waals surface area contributed by atoms with E-state index in [1.165, 1.54) is 0 Å². The van der Waals surface area contributed by atoms with Crippen LogP contribution in [0.5, 0.6) is 11.6 Å². The third-order valence-electron chi connectivity index (χ3n) is 3.10. The first-order valence-electron chi connectivity index (χ1n) is 7.05. The van der Waals surface area contributed by atoms with Crippen LogP contribution in [-0.2, 0) is 0 Å². The predicted molar refractivity (Wildman–Crippen MR) is 86.5 cm³/mol. The summed E-state index contributed by atoms with van der Waals surface area (Å²) in [5, 5.41) is 3.88. The molecule has 0 spiro atoms. The second-order valence-electron chi connectivity index (χ2n) is 5.17. The van der Waals surface area contributed by atoms with Crippen LogP contribution in [0.15, 0.2) is 24.5 Å². The van der Waals surface area contributed by atoms with Crippen LogP contribution in [0.3, 0.4) is 0 Å². The number of benzene rings is 1. The number of hydrogen-bond donors (Lipinski definition) is 1. The molecule has 0 saturated carbocycles. The van der Waals surface area contributed by atoms with Gasteiger partial charge in [0.25, 0.3) is 0 Å². The molecule has 0 unspecified atom stereocenters. The van der Waals surface area contributed by atoms with E-state index in [2.05, 4.69) is 29.1 Å². The second kappa shape index (κ2) is 6.76. The molecule has 0 aliphatic heterocycles. The van der Waals surface area contributed by atoms with E-state index in [0.29, 0.717) is 17.6 Å². The summed E-state index contributed by atoms with van der Waals surface area (Å²) in [6, 6.07) is 3.90. The van der Waals surface area contributed by atoms with Gasteiger partial charge in [-0.05, 0) is 43.0 Å². The zero-order valence-electron chi connectivity index (χ0n) is 12.8. The lowest BCUT2D eigenvalue weighted by Crippen LogP contribution is -2.01. The van der Waals surface area contributed by atoms with Crippen molar-refractivity contribution in [1.29, 1.82) is 0 Å². The van der Waals surface area contributed by atoms with Gasteiger partial charge in [-0.25, -0.2) is 0 Å². The fourth-order valence-corrected chi connectivity index (χ4v) is 2.43. The highest BCUT2D eigenvalue weighted by Gasteiger charge is 2.11. The van der Waals surface area contributed by atoms with Gasteiger partial charge < -0.3 is 10.1 Å². The van der Waals surface area contributed by atoms with Crippen LogP contribution in [0.2, 0.25) is 5.02 Å². The van der Waals surface area contributed by atoms with Gasteiger partial charge in [0.1, 0.15) is 11.6 Å². The maximum Gasteiger partial charge on any atom is 0.239 e. The van der Waals surface area contributed by atoms with Crippen molar-refractivity contribution in [1.82, 2.24) is 9.97 Å². The molecule has 0 amide bonds. The van der Waals surface area contributed by atoms with E-state index in [1.54, 1.807) is 12.4 Å². The molecule has 1 N–H and O–H groups in total. The van der Waals surface area contributed by atoms with Gasteiger partial charge in [0.05, 0.1) is 12.4 Å². The fraction of sp³-hybridized carbons (Fsp3) is 0.375. The van der Waals surface area contributed by atoms with Crippen molar-refractivity contribution in [3.05, 3.63) is 40.7 Å². The van der Waals surface area contributed by atoms with Crippen molar-refractivity contribution >= 4 is 17.4 Å². The molecule has 0 bridgehead atoms. The summed E-state index contributed by atoms with van der Waals surface area (Å²) in [5.41, 5.74) is 2.04. The minimum atomic E-state index is 0.333. The van der Waals surface area contributed by atoms with Gasteiger partial charge in [0.2, 0.25) is 5.88 Å². The van der Waals surface area contributed by atoms with Gasteiger partial charge in [-0.2, -0.15) is 4.98 Å². The van der Waals surface area contributed by atoms with E-state index in [1.807, 2.05) is 26.0 Å². The van der Waals surface area contributed by atoms with Crippen molar-refractivity contribution in [3.8, 4) is 11.6 Å². The highest BCUT2D eigenvalue weighted by Crippen LogP contribution is 2.33. The Balaban J connectivity index is 2.30. The van der Waals surface area contributed by atoms with E-state index in [-0.39, 0.29) is 0 Å². The number of anilines is 1. The highest BCUT2D eigenvalue weighted by molar-refractivity contribution is 6.31. The summed E-state index contributed by atoms with van der Waals surface area (Å²) in [5.74, 6) is 2.25. The Labute approximate surface area is 130 Å². The topological polar surface area (TPSA) is 47.0 Å². The van der Waals surface area contributed by atoms with Gasteiger partial charge in [0.15, 0.2) is 0 Å². The Morgan fingerprint density at radius 3 is 2.71 bits per heavy atom. The van der Waals surface area contributed by atoms with Crippen molar-refractivity contribution in [2.75, 3.05) is 11.9 Å². The molecule has 1 aromatic carbocycles. The van der Waals surface area contributed by atoms with E-state index in [9.17, 15) is 0 Å². The quantitative estimate of drug-likeness (QED) is 0.863. The number of hydrogen-bond acceptors (Lipinski definition) is 4. The van der Waals surface area contributed by atoms with Crippen molar-refractivity contribution in [2.45, 2.75) is 33.6 Å². The van der Waals surface area contributed by atoms with Crippen molar-refractivity contribution in [2.24, 2.45) is 0 Å². The molecule has 1 heterocycles. The molecular formula is C16H20ClN3O. The van der Waals surface area contributed by atoms with Gasteiger partial charge in [0, 0.05) is 11.6 Å². The highest BCUT2D eigenvalue weighted by atomic mass is 35.5. The number of rotatable bonds is 5. The maximum absolute atomic E-state index is 6.27. The smallest absolute Gasteiger partial charge is 0.239 e. The maximum atomic E-state index is 6.27. The summed E-state index contributed by atoms with van der Waals surface area (Å²) in [6.45, 7) is 8.97. The molecule has 0 aliphatic rings. The molecule has 0 aliphatic carbocycles. The average Bonchev–Trinajstić information content (AvgIpc) is 2.42. The molecule has 21 heavy (non-hydrogen) atoms. The zero-order chi connectivity index (χ0) is 15.4. The van der Waals surface area contributed by atoms with Gasteiger partial charge in [-0.15, -0.1) is 0 Å². The van der Waals surface area contributed by atoms with E-state index < -0.39 is 0 Å². The molecule has 0 saturated heterocycles. The normalized spacial score (nSPS) is 10.8. The number of aryl methyl sites for hydroxylation is 1. The van der Waals surface area contributed by atoms with E-state index in [4.69, 9.17) is 16.3 Å². The van der Waals surface area contributed by atoms with Crippen LogP contribution < -0.4 is 10.1 Å². The molecule has 0 radical (unpaired) electrons. The van der Waals surface area contributed by atoms with Crippen LogP contribution in [0.25, 0.3) is 0 Å². The van der Waals surface area contributed by atoms with Crippen molar-refractivity contribution < 1.29 is 4.74 Å². The Kier molecular flexibility index (Phi) is 5.02. The van der Waals surface area contributed by atoms with Gasteiger partial charge in [-0.3, -0.25) is 4.98 Å². The molecule has 2 aromatic rings. The third kappa shape index (κ3) is 3.85. The first-order chi connectivity index (χ1) is 10.0. The first kappa shape index (κ1) is 15.6. The monoisotopic (exact) mass is 305 g/mol. The summed E-state index contributed by atoms with van der Waals surface area (Å²) in [6.07, 6.45) is 3.27. The molecular weight excluding hydrogens is 286 g/mol. The summed E-state index contributed by atoms with van der Waals surface area (Å²) in [7, 11) is 0. The summed E-state index contributed by atoms with van der Waals surface area (Å²) < 4.78 is 5.87. The Morgan fingerprint density at radius 1 is 1.29 bits per heavy atom. The summed E-state index contributed by atoms with van der Waals surface area (Å²) >= 11 is 6.27. The molecule has 2 rings (SSSR count). The molecule has 0 fully saturated rings. The second-order valence-corrected chi connectivity index (χ2v) is 5.58. The summed E-state index contributed by atoms with van der Waals surface area (Å²) in [4.78, 5) is 8.50. The number of nitrogens with one attached hydrogen (secondary N) is 1. The van der Waals surface area contributed by atoms with Crippen LogP contribution in [0, 0.1) is 6.92 Å². The number of nitrogens with zero attached hydrogens (tertiary/aromatic N) is 2. The number of aromatic nitrogens is 2. The molecule has 1 aromatic heterocycles. The third-order valence-corrected chi connectivity index (χ3v) is 3.43. The van der Waals surface area contributed by atoms with E-state index in [0.717, 1.165) is 28.4 Å². The van der Waals surface area contributed by atoms with Crippen LogP contribution in [0.1, 0.15) is 37.8 Å². The molecule has 5 heteroatoms. The number of ether oxygens (including phenoxy) is 1. The number of halogens is 1. The average molecular weight is 306 g/mol. The van der Waals surface area contributed by atoms with Crippen LogP contribution in [0.4, 0.5) is 5.82 Å². The Morgan fingerprint density at radius 2 is 2.05 bits per heavy atom. The largest absolute Gasteiger partial charge is 0.437 e. The minimum absolute atomic E-state index is 0.333. The van der Waals surface area contributed by atoms with Crippen molar-refractivity contribution in [3.63, 3.8) is 0 Å². The van der Waals surface area contributed by atoms with Gasteiger partial charge in [-0.1, -0.05) is 25.4 Å². The van der Waals surface area contributed by atoms with E-state index >= 15 is 0 Å². The Hall–Kier alpha value is -1.81. The lowest BCUT2D eigenvalue weighted by molar-refractivity contribution is 0.456. The predicted octanol–water partition coefficient (Wildman–Crippen LogP) is 4.79. The fourth-order valence-electron chi connectivity index (χ4n) is 2.00. The lowest BCUT2D eigenvalue weighted by Gasteiger charge is -2.14. The first-order valence-corrected chi connectivity index (χ1v) is 7.42. The minimum Gasteiger partial charge on any atom is -0.437 e. The van der Waals surface area contributed by atoms with Crippen LogP contribution in [-0.4, -0.2) is 16.5 Å². The SMILES string of the molecule is CCNc1cncc(Oc2cc(C(C)C)c(Cl)cc2C)n1. The Bertz CT molecular complexity index is 629. The lowest BCUT2D eigenvalue weighted by atomic mass is 10.0. The van der Waals surface area contributed by atoms with Crippen LogP contribution >= 0.6 is 11.6 Å². The zero-order valence-corrected chi connectivity index (χ0v) is 13.5. The molecule has 0 atom stereocenters. The van der Waals surface area contributed by atoms with Gasteiger partial charge >= 0.3 is 0 Å². The standard InChI is InChI=1S/C16H20ClN3O/c1-5-19-15-8-18-9-16(20-15)21-14-7-12(10(2)3)13(17)6-11(14)4/h6-10H,5H2,1-4H3,(H,19,20). The molecule has 112 valence electrons.